The van der Waals surface area contributed by atoms with Gasteiger partial charge in [0.05, 0.1) is 0 Å². The maximum absolute atomic E-state index is 4.59. The van der Waals surface area contributed by atoms with E-state index in [9.17, 15) is 0 Å². The van der Waals surface area contributed by atoms with Gasteiger partial charge in [-0.3, -0.25) is 0 Å². The normalized spacial score (nSPS) is 20.7. The fraction of sp³-hybridized carbons (Fsp3) is 0.192. The summed E-state index contributed by atoms with van der Waals surface area (Å²) in [6.45, 7) is 11.4. The molecule has 4 aliphatic carbocycles. The molecule has 54 heavy (non-hydrogen) atoms. The van der Waals surface area contributed by atoms with Crippen molar-refractivity contribution in [3.8, 4) is 11.1 Å². The topological polar surface area (TPSA) is 3.24 Å². The molecule has 9 rings (SSSR count). The SMILES string of the molecule is C=C(/C=C(\C=C/C)C1=CC=CCC1)[C@@H]1C=CC(N(c2cccc(C3=CCC4Sc5ccccc5C4=C3)c2)c2ccc3c(c2)-c2ccccc2C3(C)C)=CC1. The van der Waals surface area contributed by atoms with E-state index in [-0.39, 0.29) is 11.3 Å². The number of benzene rings is 4. The van der Waals surface area contributed by atoms with Crippen molar-refractivity contribution >= 4 is 34.3 Å². The summed E-state index contributed by atoms with van der Waals surface area (Å²) in [4.78, 5) is 3.87. The summed E-state index contributed by atoms with van der Waals surface area (Å²) in [7, 11) is 0. The number of thioether (sulfide) groups is 1. The molecule has 0 saturated heterocycles. The number of allylic oxidation sites excluding steroid dienone is 15. The average molecular weight is 718 g/mol. The maximum Gasteiger partial charge on any atom is 0.0467 e. The summed E-state index contributed by atoms with van der Waals surface area (Å²) in [5.41, 5.74) is 18.2. The molecule has 0 spiro atoms. The molecular weight excluding hydrogens is 671 g/mol. The van der Waals surface area contributed by atoms with Gasteiger partial charge in [-0.25, -0.2) is 0 Å². The van der Waals surface area contributed by atoms with E-state index in [2.05, 4.69) is 190 Å². The number of hydrogen-bond acceptors (Lipinski definition) is 2. The lowest BCUT2D eigenvalue weighted by Gasteiger charge is -2.30. The summed E-state index contributed by atoms with van der Waals surface area (Å²) in [6.07, 6.45) is 29.4. The highest BCUT2D eigenvalue weighted by Crippen LogP contribution is 2.52. The highest BCUT2D eigenvalue weighted by molar-refractivity contribution is 8.00. The monoisotopic (exact) mass is 717 g/mol. The molecule has 5 aliphatic rings. The van der Waals surface area contributed by atoms with Crippen LogP contribution in [0.2, 0.25) is 0 Å². The zero-order valence-electron chi connectivity index (χ0n) is 31.6. The molecule has 0 N–H and O–H groups in total. The zero-order valence-corrected chi connectivity index (χ0v) is 32.4. The molecule has 266 valence electrons. The van der Waals surface area contributed by atoms with Crippen molar-refractivity contribution in [1.29, 1.82) is 0 Å². The second-order valence-electron chi connectivity index (χ2n) is 15.5. The third-order valence-electron chi connectivity index (χ3n) is 11.8. The minimum atomic E-state index is -0.0357. The van der Waals surface area contributed by atoms with Gasteiger partial charge in [-0.05, 0) is 136 Å². The van der Waals surface area contributed by atoms with E-state index >= 15 is 0 Å². The lowest BCUT2D eigenvalue weighted by molar-refractivity contribution is 0.660. The Bertz CT molecular complexity index is 2440. The molecule has 1 unspecified atom stereocenters. The van der Waals surface area contributed by atoms with Gasteiger partial charge in [0, 0.05) is 38.6 Å². The van der Waals surface area contributed by atoms with E-state index in [4.69, 9.17) is 0 Å². The molecular formula is C52H47NS. The zero-order chi connectivity index (χ0) is 36.8. The van der Waals surface area contributed by atoms with Gasteiger partial charge in [0.25, 0.3) is 0 Å². The minimum absolute atomic E-state index is 0.0357. The average Bonchev–Trinajstić information content (AvgIpc) is 3.70. The molecule has 0 bridgehead atoms. The molecule has 2 atom stereocenters. The van der Waals surface area contributed by atoms with Gasteiger partial charge in [0.15, 0.2) is 0 Å². The highest BCUT2D eigenvalue weighted by atomic mass is 32.2. The quantitative estimate of drug-likeness (QED) is 0.167. The largest absolute Gasteiger partial charge is 0.311 e. The van der Waals surface area contributed by atoms with E-state index in [0.717, 1.165) is 31.3 Å². The van der Waals surface area contributed by atoms with Crippen LogP contribution in [0.4, 0.5) is 11.4 Å². The molecule has 0 amide bonds. The van der Waals surface area contributed by atoms with Crippen LogP contribution in [0, 0.1) is 5.92 Å². The Kier molecular flexibility index (Phi) is 9.03. The molecule has 1 aliphatic heterocycles. The Labute approximate surface area is 325 Å². The maximum atomic E-state index is 4.59. The summed E-state index contributed by atoms with van der Waals surface area (Å²) < 4.78 is 0. The second kappa shape index (κ2) is 14.2. The second-order valence-corrected chi connectivity index (χ2v) is 16.8. The third kappa shape index (κ3) is 6.17. The lowest BCUT2D eigenvalue weighted by Crippen LogP contribution is -2.19. The first kappa shape index (κ1) is 34.5. The van der Waals surface area contributed by atoms with E-state index in [0.29, 0.717) is 5.25 Å². The highest BCUT2D eigenvalue weighted by Gasteiger charge is 2.36. The van der Waals surface area contributed by atoms with Gasteiger partial charge >= 0.3 is 0 Å². The fourth-order valence-corrected chi connectivity index (χ4v) is 10.2. The van der Waals surface area contributed by atoms with Crippen molar-refractivity contribution in [3.63, 3.8) is 0 Å². The smallest absolute Gasteiger partial charge is 0.0467 e. The lowest BCUT2D eigenvalue weighted by atomic mass is 9.82. The van der Waals surface area contributed by atoms with Gasteiger partial charge in [0.1, 0.15) is 0 Å². The molecule has 2 heteroatoms. The van der Waals surface area contributed by atoms with Crippen LogP contribution in [-0.2, 0) is 5.41 Å². The molecule has 0 radical (unpaired) electrons. The Morgan fingerprint density at radius 3 is 2.48 bits per heavy atom. The number of nitrogens with zero attached hydrogens (tertiary/aromatic N) is 1. The van der Waals surface area contributed by atoms with Gasteiger partial charge in [-0.1, -0.05) is 136 Å². The van der Waals surface area contributed by atoms with Crippen molar-refractivity contribution in [1.82, 2.24) is 0 Å². The molecule has 4 aromatic rings. The van der Waals surface area contributed by atoms with Crippen LogP contribution < -0.4 is 4.90 Å². The summed E-state index contributed by atoms with van der Waals surface area (Å²) in [5.74, 6) is 0.244. The molecule has 1 heterocycles. The van der Waals surface area contributed by atoms with Gasteiger partial charge in [-0.2, -0.15) is 0 Å². The van der Waals surface area contributed by atoms with Crippen LogP contribution in [0.1, 0.15) is 68.7 Å². The van der Waals surface area contributed by atoms with Crippen LogP contribution in [0.25, 0.3) is 22.3 Å². The number of hydrogen-bond donors (Lipinski definition) is 0. The molecule has 0 aromatic heterocycles. The number of rotatable bonds is 8. The molecule has 1 nitrogen and oxygen atoms in total. The van der Waals surface area contributed by atoms with Gasteiger partial charge in [0.2, 0.25) is 0 Å². The van der Waals surface area contributed by atoms with Crippen molar-refractivity contribution in [2.75, 3.05) is 4.90 Å². The van der Waals surface area contributed by atoms with E-state index in [1.54, 1.807) is 0 Å². The van der Waals surface area contributed by atoms with Gasteiger partial charge in [-0.15, -0.1) is 11.8 Å². The first-order valence-electron chi connectivity index (χ1n) is 19.5. The van der Waals surface area contributed by atoms with Crippen molar-refractivity contribution in [2.45, 2.75) is 62.0 Å². The first-order chi connectivity index (χ1) is 26.4. The summed E-state index contributed by atoms with van der Waals surface area (Å²) in [6, 6.07) is 34.1. The first-order valence-corrected chi connectivity index (χ1v) is 20.4. The molecule has 4 aromatic carbocycles. The van der Waals surface area contributed by atoms with Crippen LogP contribution in [0.15, 0.2) is 192 Å². The van der Waals surface area contributed by atoms with Crippen molar-refractivity contribution in [3.05, 3.63) is 209 Å². The Hall–Kier alpha value is -5.31. The Balaban J connectivity index is 1.08. The van der Waals surface area contributed by atoms with Crippen LogP contribution in [-0.4, -0.2) is 5.25 Å². The number of fused-ring (bicyclic) bond motifs is 6. The van der Waals surface area contributed by atoms with Crippen LogP contribution in [0.5, 0.6) is 0 Å². The van der Waals surface area contributed by atoms with Crippen LogP contribution in [0.3, 0.4) is 0 Å². The minimum Gasteiger partial charge on any atom is -0.311 e. The fourth-order valence-electron chi connectivity index (χ4n) is 8.95. The third-order valence-corrected chi connectivity index (χ3v) is 13.2. The Morgan fingerprint density at radius 2 is 1.67 bits per heavy atom. The van der Waals surface area contributed by atoms with E-state index in [1.807, 2.05) is 11.8 Å². The predicted molar refractivity (Wildman–Crippen MR) is 233 cm³/mol. The van der Waals surface area contributed by atoms with Crippen molar-refractivity contribution in [2.24, 2.45) is 5.92 Å². The van der Waals surface area contributed by atoms with E-state index < -0.39 is 0 Å². The summed E-state index contributed by atoms with van der Waals surface area (Å²) >= 11 is 2.01. The van der Waals surface area contributed by atoms with Crippen molar-refractivity contribution < 1.29 is 0 Å². The standard InChI is InChI=1S/C52H47NS/c1-5-14-38(37-15-7-6-8-16-37)31-35(2)36-23-26-41(27-24-36)53(43-28-29-49-46(34-43)44-19-9-11-21-48(44)52(49,3)4)42-18-13-17-39(32-42)40-25-30-51-47(33-40)45-20-10-12-22-50(45)54-51/h5-7,9-15,17-23,25-29,31-34,36,51H,2,8,16,24,30H2,1,3-4H3/b14-5-,38-31+/t36-,51?/m1/s1. The molecule has 0 fully saturated rings. The predicted octanol–water partition coefficient (Wildman–Crippen LogP) is 14.3. The Morgan fingerprint density at radius 1 is 0.852 bits per heavy atom. The van der Waals surface area contributed by atoms with Gasteiger partial charge < -0.3 is 4.90 Å². The summed E-state index contributed by atoms with van der Waals surface area (Å²) in [5, 5.41) is 0.504. The van der Waals surface area contributed by atoms with E-state index in [1.165, 1.54) is 77.6 Å². The van der Waals surface area contributed by atoms with Crippen LogP contribution >= 0.6 is 11.8 Å². The molecule has 0 saturated carbocycles. The number of anilines is 2.